The second kappa shape index (κ2) is 12.9. The Bertz CT molecular complexity index is 1140. The number of hydrogen-bond acceptors (Lipinski definition) is 4. The molecule has 0 aromatic heterocycles. The Morgan fingerprint density at radius 2 is 1.26 bits per heavy atom. The average molecular weight is 486 g/mol. The number of carbonyl (C=O) groups is 1. The first-order valence-electron chi connectivity index (χ1n) is 11.6. The molecule has 0 fully saturated rings. The van der Waals surface area contributed by atoms with Gasteiger partial charge >= 0.3 is 5.97 Å². The Kier molecular flexibility index (Phi) is 9.07. The molecule has 0 aliphatic heterocycles. The summed E-state index contributed by atoms with van der Waals surface area (Å²) in [6.07, 6.45) is 0.233. The highest BCUT2D eigenvalue weighted by molar-refractivity contribution is 6.30. The molecule has 0 saturated carbocycles. The Morgan fingerprint density at radius 1 is 0.714 bits per heavy atom. The zero-order valence-electron chi connectivity index (χ0n) is 19.4. The molecule has 0 amide bonds. The summed E-state index contributed by atoms with van der Waals surface area (Å²) in [6.45, 7) is 1.31. The highest BCUT2D eigenvalue weighted by Crippen LogP contribution is 2.17. The van der Waals surface area contributed by atoms with E-state index < -0.39 is 5.97 Å². The molecule has 4 aromatic carbocycles. The van der Waals surface area contributed by atoms with Gasteiger partial charge < -0.3 is 4.74 Å². The second-order valence-corrected chi connectivity index (χ2v) is 8.73. The first-order chi connectivity index (χ1) is 17.2. The number of esters is 1. The number of ether oxygens (including phenoxy) is 1. The third-order valence-electron chi connectivity index (χ3n) is 5.47. The van der Waals surface area contributed by atoms with E-state index in [1.807, 2.05) is 71.8 Å². The van der Waals surface area contributed by atoms with Crippen molar-refractivity contribution in [2.75, 3.05) is 6.61 Å². The van der Waals surface area contributed by atoms with Crippen LogP contribution in [0.1, 0.15) is 27.0 Å². The number of benzene rings is 4. The van der Waals surface area contributed by atoms with Crippen LogP contribution in [0.2, 0.25) is 5.02 Å². The van der Waals surface area contributed by atoms with E-state index in [9.17, 15) is 4.79 Å². The topological polar surface area (TPSA) is 38.8 Å². The number of carbonyl (C=O) groups excluding carboxylic acids is 1. The van der Waals surface area contributed by atoms with Gasteiger partial charge in [-0.3, -0.25) is 4.84 Å². The lowest BCUT2D eigenvalue weighted by molar-refractivity contribution is -0.219. The van der Waals surface area contributed by atoms with Crippen LogP contribution in [0.3, 0.4) is 0 Å². The van der Waals surface area contributed by atoms with Crippen molar-refractivity contribution in [1.29, 1.82) is 0 Å². The number of nitrogens with zero attached hydrogens (tertiary/aromatic N) is 1. The maximum atomic E-state index is 12.7. The maximum Gasteiger partial charge on any atom is 0.338 e. The minimum Gasteiger partial charge on any atom is -0.459 e. The molecule has 35 heavy (non-hydrogen) atoms. The van der Waals surface area contributed by atoms with Crippen molar-refractivity contribution in [1.82, 2.24) is 5.06 Å². The first kappa shape index (κ1) is 24.7. The highest BCUT2D eigenvalue weighted by Gasteiger charge is 2.20. The summed E-state index contributed by atoms with van der Waals surface area (Å²) in [4.78, 5) is 19.2. The molecule has 4 nitrogen and oxygen atoms in total. The summed E-state index contributed by atoms with van der Waals surface area (Å²) < 4.78 is 5.67. The Labute approximate surface area is 211 Å². The van der Waals surface area contributed by atoms with Crippen molar-refractivity contribution >= 4 is 17.6 Å². The number of rotatable bonds is 11. The summed E-state index contributed by atoms with van der Waals surface area (Å²) in [6, 6.07) is 37.2. The second-order valence-electron chi connectivity index (χ2n) is 8.30. The normalized spacial score (nSPS) is 11.8. The molecule has 178 valence electrons. The zero-order chi connectivity index (χ0) is 24.3. The zero-order valence-corrected chi connectivity index (χ0v) is 20.2. The van der Waals surface area contributed by atoms with Gasteiger partial charge in [0.2, 0.25) is 0 Å². The van der Waals surface area contributed by atoms with Crippen molar-refractivity contribution < 1.29 is 14.4 Å². The Balaban J connectivity index is 1.51. The van der Waals surface area contributed by atoms with E-state index >= 15 is 0 Å². The fourth-order valence-corrected chi connectivity index (χ4v) is 3.98. The lowest BCUT2D eigenvalue weighted by Gasteiger charge is -2.28. The minimum atomic E-state index is -0.424. The molecule has 0 aliphatic rings. The monoisotopic (exact) mass is 485 g/mol. The van der Waals surface area contributed by atoms with E-state index in [0.29, 0.717) is 30.1 Å². The van der Waals surface area contributed by atoms with Crippen LogP contribution in [0.25, 0.3) is 0 Å². The van der Waals surface area contributed by atoms with Crippen LogP contribution in [0.15, 0.2) is 115 Å². The molecular weight excluding hydrogens is 458 g/mol. The molecule has 0 radical (unpaired) electrons. The Hall–Kier alpha value is -3.44. The fourth-order valence-electron chi connectivity index (χ4n) is 3.79. The number of hydrogen-bond donors (Lipinski definition) is 0. The van der Waals surface area contributed by atoms with Gasteiger partial charge in [0.1, 0.15) is 12.7 Å². The van der Waals surface area contributed by atoms with Crippen LogP contribution in [-0.4, -0.2) is 23.7 Å². The predicted octanol–water partition coefficient (Wildman–Crippen LogP) is 6.74. The van der Waals surface area contributed by atoms with Crippen molar-refractivity contribution in [3.8, 4) is 0 Å². The van der Waals surface area contributed by atoms with Gasteiger partial charge in [-0.25, -0.2) is 4.79 Å². The predicted molar refractivity (Wildman–Crippen MR) is 139 cm³/mol. The van der Waals surface area contributed by atoms with Crippen molar-refractivity contribution in [3.05, 3.63) is 143 Å². The quantitative estimate of drug-likeness (QED) is 0.174. The summed E-state index contributed by atoms with van der Waals surface area (Å²) in [5.41, 5.74) is 3.80. The van der Waals surface area contributed by atoms with Crippen LogP contribution in [0.4, 0.5) is 0 Å². The van der Waals surface area contributed by atoms with Gasteiger partial charge in [0.25, 0.3) is 0 Å². The standard InChI is InChI=1S/C30H28ClNO3/c31-28-18-10-17-27(20-28)30(33)34-23-29(19-24-11-4-1-5-12-24)35-32(21-25-13-6-2-7-14-25)22-26-15-8-3-9-16-26/h1-18,20,29H,19,21-23H2/t29-/m0/s1. The van der Waals surface area contributed by atoms with Crippen LogP contribution >= 0.6 is 11.6 Å². The van der Waals surface area contributed by atoms with E-state index in [1.54, 1.807) is 24.3 Å². The van der Waals surface area contributed by atoms with E-state index in [2.05, 4.69) is 24.3 Å². The van der Waals surface area contributed by atoms with Crippen LogP contribution in [-0.2, 0) is 29.1 Å². The SMILES string of the molecule is O=C(OC[C@H](Cc1ccccc1)ON(Cc1ccccc1)Cc1ccccc1)c1cccc(Cl)c1. The molecule has 0 bridgehead atoms. The van der Waals surface area contributed by atoms with Gasteiger partial charge in [-0.15, -0.1) is 0 Å². The van der Waals surface area contributed by atoms with E-state index in [0.717, 1.165) is 16.7 Å². The summed E-state index contributed by atoms with van der Waals surface area (Å²) >= 11 is 6.04. The lowest BCUT2D eigenvalue weighted by Crippen LogP contribution is -2.34. The average Bonchev–Trinajstić information content (AvgIpc) is 2.89. The first-order valence-corrected chi connectivity index (χ1v) is 12.0. The van der Waals surface area contributed by atoms with E-state index in [4.69, 9.17) is 21.2 Å². The largest absolute Gasteiger partial charge is 0.459 e. The molecular formula is C30H28ClNO3. The van der Waals surface area contributed by atoms with Gasteiger partial charge in [-0.1, -0.05) is 109 Å². The fraction of sp³-hybridized carbons (Fsp3) is 0.167. The molecule has 0 aliphatic carbocycles. The van der Waals surface area contributed by atoms with Crippen LogP contribution in [0.5, 0.6) is 0 Å². The summed E-state index contributed by atoms with van der Waals surface area (Å²) in [5.74, 6) is -0.424. The van der Waals surface area contributed by atoms with E-state index in [-0.39, 0.29) is 12.7 Å². The van der Waals surface area contributed by atoms with E-state index in [1.165, 1.54) is 0 Å². The van der Waals surface area contributed by atoms with Crippen LogP contribution in [0, 0.1) is 0 Å². The molecule has 0 heterocycles. The third-order valence-corrected chi connectivity index (χ3v) is 5.70. The van der Waals surface area contributed by atoms with Crippen molar-refractivity contribution in [3.63, 3.8) is 0 Å². The number of halogens is 1. The van der Waals surface area contributed by atoms with Gasteiger partial charge in [0.05, 0.1) is 5.56 Å². The van der Waals surface area contributed by atoms with Gasteiger partial charge in [-0.05, 0) is 34.9 Å². The maximum absolute atomic E-state index is 12.7. The Morgan fingerprint density at radius 3 is 1.80 bits per heavy atom. The van der Waals surface area contributed by atoms with Crippen LogP contribution < -0.4 is 0 Å². The highest BCUT2D eigenvalue weighted by atomic mass is 35.5. The van der Waals surface area contributed by atoms with Gasteiger partial charge in [-0.2, -0.15) is 5.06 Å². The molecule has 4 aromatic rings. The molecule has 0 N–H and O–H groups in total. The molecule has 0 spiro atoms. The minimum absolute atomic E-state index is 0.111. The van der Waals surface area contributed by atoms with Gasteiger partial charge in [0.15, 0.2) is 0 Å². The molecule has 0 unspecified atom stereocenters. The third kappa shape index (κ3) is 8.08. The summed E-state index contributed by atoms with van der Waals surface area (Å²) in [7, 11) is 0. The molecule has 5 heteroatoms. The smallest absolute Gasteiger partial charge is 0.338 e. The van der Waals surface area contributed by atoms with Gasteiger partial charge in [0, 0.05) is 24.5 Å². The summed E-state index contributed by atoms with van der Waals surface area (Å²) in [5, 5.41) is 2.43. The molecule has 4 rings (SSSR count). The van der Waals surface area contributed by atoms with Crippen molar-refractivity contribution in [2.45, 2.75) is 25.6 Å². The number of hydroxylamine groups is 2. The van der Waals surface area contributed by atoms with Crippen molar-refractivity contribution in [2.24, 2.45) is 0 Å². The molecule has 0 saturated heterocycles. The lowest BCUT2D eigenvalue weighted by atomic mass is 10.1. The molecule has 1 atom stereocenters.